The van der Waals surface area contributed by atoms with Gasteiger partial charge in [0.05, 0.1) is 25.8 Å². The summed E-state index contributed by atoms with van der Waals surface area (Å²) in [5.41, 5.74) is 4.70. The summed E-state index contributed by atoms with van der Waals surface area (Å²) in [7, 11) is 1.91. The number of nitrogens with one attached hydrogen (secondary N) is 2. The number of hydrogen-bond acceptors (Lipinski definition) is 11. The molecule has 2 aliphatic rings. The van der Waals surface area contributed by atoms with E-state index in [-0.39, 0.29) is 24.2 Å². The minimum absolute atomic E-state index is 0.000764. The van der Waals surface area contributed by atoms with E-state index in [0.717, 1.165) is 36.0 Å². The molecule has 16 heteroatoms. The monoisotopic (exact) mass is 739 g/mol. The fourth-order valence-corrected chi connectivity index (χ4v) is 6.16. The number of carbonyl (C=O) groups excluding carboxylic acids is 2. The van der Waals surface area contributed by atoms with Gasteiger partial charge in [0.25, 0.3) is 5.91 Å². The Morgan fingerprint density at radius 2 is 1.68 bits per heavy atom. The molecule has 1 saturated carbocycles. The van der Waals surface area contributed by atoms with E-state index in [1.54, 1.807) is 10.7 Å². The number of phenols is 1. The highest BCUT2D eigenvalue weighted by Crippen LogP contribution is 2.39. The molecule has 1 aliphatic carbocycles. The lowest BCUT2D eigenvalue weighted by atomic mass is 9.94. The van der Waals surface area contributed by atoms with Gasteiger partial charge in [-0.3, -0.25) is 14.3 Å². The van der Waals surface area contributed by atoms with E-state index in [9.17, 15) is 24.3 Å². The highest BCUT2D eigenvalue weighted by molar-refractivity contribution is 5.97. The number of aliphatic hydroxyl groups excluding tert-OH is 2. The molecule has 2 amide bonds. The lowest BCUT2D eigenvalue weighted by molar-refractivity contribution is -0.165. The number of carboxylic acid groups (broad SMARTS) is 2. The molecule has 1 aliphatic heterocycles. The Labute approximate surface area is 307 Å². The third kappa shape index (κ3) is 12.3. The predicted octanol–water partition coefficient (Wildman–Crippen LogP) is 1.94. The van der Waals surface area contributed by atoms with Crippen molar-refractivity contribution < 1.29 is 54.2 Å². The fourth-order valence-electron chi connectivity index (χ4n) is 6.16. The van der Waals surface area contributed by atoms with Gasteiger partial charge in [0, 0.05) is 37.9 Å². The van der Waals surface area contributed by atoms with Crippen molar-refractivity contribution in [2.75, 3.05) is 44.8 Å². The third-order valence-electron chi connectivity index (χ3n) is 9.06. The molecular formula is C37H49N5O11. The summed E-state index contributed by atoms with van der Waals surface area (Å²) < 4.78 is 13.3. The maximum absolute atomic E-state index is 13.3. The van der Waals surface area contributed by atoms with Crippen molar-refractivity contribution in [1.29, 1.82) is 0 Å². The van der Waals surface area contributed by atoms with Crippen LogP contribution in [0.3, 0.4) is 0 Å². The molecule has 0 spiro atoms. The van der Waals surface area contributed by atoms with Crippen LogP contribution in [0.15, 0.2) is 48.8 Å². The number of carboxylic acids is 2. The van der Waals surface area contributed by atoms with Crippen LogP contribution >= 0.6 is 0 Å². The van der Waals surface area contributed by atoms with E-state index >= 15 is 0 Å². The number of rotatable bonds is 17. The Morgan fingerprint density at radius 1 is 0.981 bits per heavy atom. The van der Waals surface area contributed by atoms with Crippen molar-refractivity contribution in [3.05, 3.63) is 59.9 Å². The van der Waals surface area contributed by atoms with Crippen molar-refractivity contribution in [3.8, 4) is 22.6 Å². The number of carbonyl (C=O) groups is 4. The summed E-state index contributed by atoms with van der Waals surface area (Å²) in [4.78, 5) is 46.5. The van der Waals surface area contributed by atoms with Crippen LogP contribution in [0.4, 0.5) is 5.69 Å². The molecule has 2 aromatic carbocycles. The molecule has 0 bridgehead atoms. The number of hydrogen-bond donors (Lipinski definition) is 7. The number of aromatic hydroxyl groups is 1. The Morgan fingerprint density at radius 3 is 2.32 bits per heavy atom. The van der Waals surface area contributed by atoms with Crippen LogP contribution in [0.5, 0.6) is 11.5 Å². The minimum atomic E-state index is -2.27. The van der Waals surface area contributed by atoms with Crippen LogP contribution in [-0.2, 0) is 43.8 Å². The van der Waals surface area contributed by atoms with Gasteiger partial charge in [-0.25, -0.2) is 9.59 Å². The Balaban J connectivity index is 0.000000550. The lowest BCUT2D eigenvalue weighted by Gasteiger charge is -2.34. The molecule has 16 nitrogen and oxygen atoms in total. The topological polar surface area (TPSA) is 233 Å². The lowest BCUT2D eigenvalue weighted by Crippen LogP contribution is -2.45. The van der Waals surface area contributed by atoms with Gasteiger partial charge < -0.3 is 50.5 Å². The van der Waals surface area contributed by atoms with Gasteiger partial charge in [0.15, 0.2) is 24.6 Å². The van der Waals surface area contributed by atoms with Gasteiger partial charge in [0.2, 0.25) is 5.91 Å². The van der Waals surface area contributed by atoms with Crippen LogP contribution in [-0.4, -0.2) is 122 Å². The first-order valence-electron chi connectivity index (χ1n) is 17.7. The Hall–Kier alpha value is -5.03. The molecule has 1 fully saturated rings. The average Bonchev–Trinajstić information content (AvgIpc) is 3.60. The third-order valence-corrected chi connectivity index (χ3v) is 9.06. The molecule has 2 heterocycles. The van der Waals surface area contributed by atoms with E-state index in [0.29, 0.717) is 63.2 Å². The van der Waals surface area contributed by atoms with Gasteiger partial charge >= 0.3 is 11.9 Å². The zero-order chi connectivity index (χ0) is 38.3. The predicted molar refractivity (Wildman–Crippen MR) is 192 cm³/mol. The van der Waals surface area contributed by atoms with E-state index < -0.39 is 24.1 Å². The number of aliphatic carboxylic acids is 2. The quantitative estimate of drug-likeness (QED) is 0.0776. The van der Waals surface area contributed by atoms with Gasteiger partial charge in [0.1, 0.15) is 11.4 Å². The van der Waals surface area contributed by atoms with Gasteiger partial charge in [-0.15, -0.1) is 0 Å². The number of aryl methyl sites for hydroxylation is 1. The van der Waals surface area contributed by atoms with E-state index in [1.807, 2.05) is 25.5 Å². The molecule has 7 N–H and O–H groups in total. The van der Waals surface area contributed by atoms with Gasteiger partial charge in [-0.1, -0.05) is 49.6 Å². The van der Waals surface area contributed by atoms with Crippen LogP contribution < -0.4 is 15.4 Å². The summed E-state index contributed by atoms with van der Waals surface area (Å²) in [6, 6.07) is 12.2. The highest BCUT2D eigenvalue weighted by Gasteiger charge is 2.29. The second kappa shape index (κ2) is 20.3. The number of aliphatic hydroxyl groups is 2. The summed E-state index contributed by atoms with van der Waals surface area (Å²) >= 11 is 0. The zero-order valence-corrected chi connectivity index (χ0v) is 29.8. The second-order valence-electron chi connectivity index (χ2n) is 12.9. The number of phenolic OH excluding ortho intramolecular Hbond substituents is 1. The molecule has 0 saturated heterocycles. The van der Waals surface area contributed by atoms with Gasteiger partial charge in [-0.05, 0) is 55.0 Å². The fraction of sp³-hybridized carbons (Fsp3) is 0.486. The Bertz CT molecular complexity index is 1660. The number of nitrogens with zero attached hydrogens (tertiary/aromatic N) is 3. The normalized spacial score (nSPS) is 15.2. The smallest absolute Gasteiger partial charge is 0.335 e. The van der Waals surface area contributed by atoms with Crippen molar-refractivity contribution in [1.82, 2.24) is 20.0 Å². The van der Waals surface area contributed by atoms with Gasteiger partial charge in [-0.2, -0.15) is 5.10 Å². The number of fused-ring (bicyclic) bond motifs is 1. The molecule has 1 aromatic heterocycles. The summed E-state index contributed by atoms with van der Waals surface area (Å²) in [5, 5.41) is 53.0. The van der Waals surface area contributed by atoms with Crippen molar-refractivity contribution >= 4 is 29.4 Å². The summed E-state index contributed by atoms with van der Waals surface area (Å²) in [6.45, 7) is 2.99. The maximum atomic E-state index is 13.3. The van der Waals surface area contributed by atoms with Crippen LogP contribution in [0, 0.1) is 0 Å². The molecule has 53 heavy (non-hydrogen) atoms. The van der Waals surface area contributed by atoms with E-state index in [1.165, 1.54) is 24.8 Å². The number of amides is 2. The van der Waals surface area contributed by atoms with Crippen molar-refractivity contribution in [2.24, 2.45) is 7.05 Å². The number of ether oxygens (including phenoxy) is 2. The average molecular weight is 740 g/mol. The SMILES string of the molecule is Cn1cc(-c2ccc(CCOCCC(=O)N(CCNCCc3ccc(O)c4c3OCC(=O)N4)C3CCCCC3)cc2)cn1.O=C(O)[C@@H](O)[C@H](O)C(=O)O. The molecule has 3 aromatic rings. The largest absolute Gasteiger partial charge is 0.506 e. The number of benzene rings is 2. The van der Waals surface area contributed by atoms with Crippen LogP contribution in [0.1, 0.15) is 49.7 Å². The van der Waals surface area contributed by atoms with Crippen molar-refractivity contribution in [3.63, 3.8) is 0 Å². The van der Waals surface area contributed by atoms with Crippen LogP contribution in [0.2, 0.25) is 0 Å². The summed E-state index contributed by atoms with van der Waals surface area (Å²) in [6.07, 6.45) is 6.90. The first kappa shape index (κ1) is 40.7. The standard InChI is InChI=1S/C33H43N5O5.C4H6O6/c1-37-22-27(21-35-37)25-9-7-24(8-10-25)14-19-42-20-15-31(41)38(28-5-3-2-4-6-28)18-17-34-16-13-26-11-12-29(39)32-33(26)43-23-30(40)36-32;5-1(3(7)8)2(6)4(9)10/h7-12,21-22,28,34,39H,2-6,13-20,23H2,1H3,(H,36,40);1-2,5-6H,(H,7,8)(H,9,10)/t;1-,2-/m.0/s1. The maximum Gasteiger partial charge on any atom is 0.335 e. The van der Waals surface area contributed by atoms with E-state index in [4.69, 9.17) is 29.9 Å². The zero-order valence-electron chi connectivity index (χ0n) is 29.8. The molecule has 2 atom stereocenters. The van der Waals surface area contributed by atoms with Crippen LogP contribution in [0.25, 0.3) is 11.1 Å². The second-order valence-corrected chi connectivity index (χ2v) is 12.9. The van der Waals surface area contributed by atoms with E-state index in [2.05, 4.69) is 44.9 Å². The van der Waals surface area contributed by atoms with Crippen molar-refractivity contribution in [2.45, 2.75) is 69.6 Å². The number of anilines is 1. The first-order valence-corrected chi connectivity index (χ1v) is 17.7. The highest BCUT2D eigenvalue weighted by atomic mass is 16.5. The molecular weight excluding hydrogens is 690 g/mol. The molecule has 288 valence electrons. The summed E-state index contributed by atoms with van der Waals surface area (Å²) in [5.74, 6) is -3.12. The minimum Gasteiger partial charge on any atom is -0.506 e. The Kier molecular flexibility index (Phi) is 15.6. The molecule has 0 unspecified atom stereocenters. The first-order chi connectivity index (χ1) is 25.4. The molecule has 5 rings (SSSR count). The number of aromatic nitrogens is 2. The molecule has 0 radical (unpaired) electrons.